The number of aryl methyl sites for hydroxylation is 2. The number of nitrogens with one attached hydrogen (secondary N) is 1. The highest BCUT2D eigenvalue weighted by molar-refractivity contribution is 7.92. The third kappa shape index (κ3) is 4.04. The van der Waals surface area contributed by atoms with Crippen LogP contribution in [-0.4, -0.2) is 13.0 Å². The normalized spacial score (nSPS) is 11.8. The highest BCUT2D eigenvalue weighted by Gasteiger charge is 2.21. The van der Waals surface area contributed by atoms with E-state index in [-0.39, 0.29) is 15.5 Å². The minimum Gasteiger partial charge on any atom is -0.408 e. The van der Waals surface area contributed by atoms with E-state index in [0.717, 1.165) is 24.8 Å². The molecule has 1 N–H and O–H groups in total. The minimum atomic E-state index is -3.93. The van der Waals surface area contributed by atoms with E-state index in [4.69, 9.17) is 16.0 Å². The average Bonchev–Trinajstić information content (AvgIpc) is 2.94. The topological polar surface area (TPSA) is 81.3 Å². The third-order valence-corrected chi connectivity index (χ3v) is 6.20. The Balaban J connectivity index is 1.92. The van der Waals surface area contributed by atoms with E-state index in [1.54, 1.807) is 19.1 Å². The van der Waals surface area contributed by atoms with Crippen LogP contribution >= 0.6 is 11.6 Å². The molecule has 27 heavy (non-hydrogen) atoms. The average molecular weight is 409 g/mol. The zero-order valence-corrected chi connectivity index (χ0v) is 16.7. The van der Waals surface area contributed by atoms with Crippen molar-refractivity contribution in [3.05, 3.63) is 57.5 Å². The van der Waals surface area contributed by atoms with Gasteiger partial charge in [0, 0.05) is 18.3 Å². The van der Waals surface area contributed by atoms with Crippen molar-refractivity contribution in [2.45, 2.75) is 44.6 Å². The van der Waals surface area contributed by atoms with Crippen LogP contribution in [0.15, 0.2) is 50.5 Å². The number of halogens is 1. The lowest BCUT2D eigenvalue weighted by molar-refractivity contribution is 0.512. The number of fused-ring (bicyclic) bond motifs is 1. The smallest absolute Gasteiger partial charge is 0.408 e. The number of hydrogen-bond donors (Lipinski definition) is 1. The zero-order chi connectivity index (χ0) is 19.6. The first-order valence-electron chi connectivity index (χ1n) is 8.80. The fraction of sp³-hybridized carbons (Fsp3) is 0.316. The predicted molar refractivity (Wildman–Crippen MR) is 107 cm³/mol. The summed E-state index contributed by atoms with van der Waals surface area (Å²) in [6, 6.07) is 9.97. The molecule has 0 bridgehead atoms. The Morgan fingerprint density at radius 1 is 1.15 bits per heavy atom. The molecule has 3 aromatic rings. The van der Waals surface area contributed by atoms with Gasteiger partial charge in [-0.3, -0.25) is 9.29 Å². The van der Waals surface area contributed by atoms with Gasteiger partial charge in [-0.1, -0.05) is 37.1 Å². The number of hydrogen-bond acceptors (Lipinski definition) is 4. The molecule has 0 radical (unpaired) electrons. The van der Waals surface area contributed by atoms with Crippen molar-refractivity contribution in [1.29, 1.82) is 0 Å². The fourth-order valence-corrected chi connectivity index (χ4v) is 4.50. The largest absolute Gasteiger partial charge is 0.419 e. The van der Waals surface area contributed by atoms with Crippen LogP contribution in [0.3, 0.4) is 0 Å². The third-order valence-electron chi connectivity index (χ3n) is 4.35. The highest BCUT2D eigenvalue weighted by atomic mass is 35.5. The van der Waals surface area contributed by atoms with Crippen LogP contribution in [-0.2, 0) is 23.0 Å². The molecule has 0 atom stereocenters. The van der Waals surface area contributed by atoms with Crippen LogP contribution in [0, 0.1) is 0 Å². The summed E-state index contributed by atoms with van der Waals surface area (Å²) in [6.07, 6.45) is 3.15. The molecule has 3 rings (SSSR count). The predicted octanol–water partition coefficient (Wildman–Crippen LogP) is 4.41. The summed E-state index contributed by atoms with van der Waals surface area (Å²) in [5, 5.41) is 0.0255. The Kier molecular flexibility index (Phi) is 5.62. The molecule has 0 aliphatic heterocycles. The van der Waals surface area contributed by atoms with Crippen molar-refractivity contribution in [1.82, 2.24) is 4.57 Å². The molecule has 1 heterocycles. The molecule has 8 heteroatoms. The minimum absolute atomic E-state index is 0.0255. The summed E-state index contributed by atoms with van der Waals surface area (Å²) in [4.78, 5) is 11.7. The second-order valence-corrected chi connectivity index (χ2v) is 8.33. The molecule has 0 saturated heterocycles. The number of sulfonamides is 1. The van der Waals surface area contributed by atoms with Crippen molar-refractivity contribution >= 4 is 38.4 Å². The SMILES string of the molecule is CCCCc1ccc(NS(=O)(=O)c2cc3oc(=O)n(CC)c3cc2Cl)cc1. The van der Waals surface area contributed by atoms with Gasteiger partial charge >= 0.3 is 5.76 Å². The first-order chi connectivity index (χ1) is 12.9. The summed E-state index contributed by atoms with van der Waals surface area (Å²) < 4.78 is 34.6. The van der Waals surface area contributed by atoms with Crippen molar-refractivity contribution in [2.24, 2.45) is 0 Å². The van der Waals surface area contributed by atoms with Gasteiger partial charge in [0.1, 0.15) is 4.90 Å². The number of rotatable bonds is 7. The number of unbranched alkanes of at least 4 members (excludes halogenated alkanes) is 1. The van der Waals surface area contributed by atoms with Gasteiger partial charge in [-0.2, -0.15) is 0 Å². The van der Waals surface area contributed by atoms with E-state index < -0.39 is 15.8 Å². The van der Waals surface area contributed by atoms with Gasteiger partial charge < -0.3 is 4.42 Å². The Labute approximate surface area is 162 Å². The molecule has 0 spiro atoms. The number of benzene rings is 2. The summed E-state index contributed by atoms with van der Waals surface area (Å²) in [5.74, 6) is -0.547. The lowest BCUT2D eigenvalue weighted by atomic mass is 10.1. The fourth-order valence-electron chi connectivity index (χ4n) is 2.90. The second kappa shape index (κ2) is 7.78. The lowest BCUT2D eigenvalue weighted by Gasteiger charge is -2.10. The van der Waals surface area contributed by atoms with Crippen molar-refractivity contribution in [2.75, 3.05) is 4.72 Å². The van der Waals surface area contributed by atoms with E-state index in [1.165, 1.54) is 16.7 Å². The maximum absolute atomic E-state index is 12.8. The standard InChI is InChI=1S/C19H21ClN2O4S/c1-3-5-6-13-7-9-14(10-8-13)21-27(24,25)18-12-17-16(11-15(18)20)22(4-2)19(23)26-17/h7-12,21H,3-6H2,1-2H3. The van der Waals surface area contributed by atoms with Crippen molar-refractivity contribution < 1.29 is 12.8 Å². The first kappa shape index (κ1) is 19.5. The van der Waals surface area contributed by atoms with E-state index in [9.17, 15) is 13.2 Å². The second-order valence-electron chi connectivity index (χ2n) is 6.27. The summed E-state index contributed by atoms with van der Waals surface area (Å²) in [6.45, 7) is 4.32. The van der Waals surface area contributed by atoms with Crippen LogP contribution < -0.4 is 10.5 Å². The molecular weight excluding hydrogens is 388 g/mol. The van der Waals surface area contributed by atoms with Crippen LogP contribution in [0.4, 0.5) is 5.69 Å². The Morgan fingerprint density at radius 2 is 1.85 bits per heavy atom. The number of nitrogens with zero attached hydrogens (tertiary/aromatic N) is 1. The first-order valence-corrected chi connectivity index (χ1v) is 10.7. The Morgan fingerprint density at radius 3 is 2.48 bits per heavy atom. The van der Waals surface area contributed by atoms with Gasteiger partial charge in [-0.25, -0.2) is 13.2 Å². The Hall–Kier alpha value is -2.25. The summed E-state index contributed by atoms with van der Waals surface area (Å²) in [5.41, 5.74) is 2.24. The number of anilines is 1. The molecular formula is C19H21ClN2O4S. The van der Waals surface area contributed by atoms with E-state index in [2.05, 4.69) is 11.6 Å². The van der Waals surface area contributed by atoms with E-state index >= 15 is 0 Å². The lowest BCUT2D eigenvalue weighted by Crippen LogP contribution is -2.14. The number of aromatic nitrogens is 1. The summed E-state index contributed by atoms with van der Waals surface area (Å²) in [7, 11) is -3.93. The van der Waals surface area contributed by atoms with E-state index in [1.807, 2.05) is 12.1 Å². The van der Waals surface area contributed by atoms with Crippen LogP contribution in [0.2, 0.25) is 5.02 Å². The zero-order valence-electron chi connectivity index (χ0n) is 15.2. The van der Waals surface area contributed by atoms with Gasteiger partial charge in [0.2, 0.25) is 0 Å². The van der Waals surface area contributed by atoms with Gasteiger partial charge in [-0.05, 0) is 43.5 Å². The molecule has 0 aliphatic rings. The molecule has 0 saturated carbocycles. The summed E-state index contributed by atoms with van der Waals surface area (Å²) >= 11 is 6.20. The molecule has 2 aromatic carbocycles. The molecule has 1 aromatic heterocycles. The molecule has 6 nitrogen and oxygen atoms in total. The molecule has 0 unspecified atom stereocenters. The quantitative estimate of drug-likeness (QED) is 0.627. The van der Waals surface area contributed by atoms with E-state index in [0.29, 0.717) is 17.7 Å². The Bertz CT molecular complexity index is 1120. The van der Waals surface area contributed by atoms with Gasteiger partial charge in [-0.15, -0.1) is 0 Å². The highest BCUT2D eigenvalue weighted by Crippen LogP contribution is 2.29. The molecule has 0 amide bonds. The van der Waals surface area contributed by atoms with Crippen molar-refractivity contribution in [3.63, 3.8) is 0 Å². The van der Waals surface area contributed by atoms with Gasteiger partial charge in [0.15, 0.2) is 5.58 Å². The van der Waals surface area contributed by atoms with Gasteiger partial charge in [0.25, 0.3) is 10.0 Å². The maximum Gasteiger partial charge on any atom is 0.419 e. The maximum atomic E-state index is 12.8. The number of oxazole rings is 1. The molecule has 0 fully saturated rings. The van der Waals surface area contributed by atoms with Crippen LogP contribution in [0.5, 0.6) is 0 Å². The molecule has 0 aliphatic carbocycles. The van der Waals surface area contributed by atoms with Crippen LogP contribution in [0.1, 0.15) is 32.3 Å². The molecule has 144 valence electrons. The van der Waals surface area contributed by atoms with Gasteiger partial charge in [0.05, 0.1) is 10.5 Å². The van der Waals surface area contributed by atoms with Crippen molar-refractivity contribution in [3.8, 4) is 0 Å². The monoisotopic (exact) mass is 408 g/mol. The van der Waals surface area contributed by atoms with Crippen LogP contribution in [0.25, 0.3) is 11.1 Å².